The third-order valence-corrected chi connectivity index (χ3v) is 3.82. The van der Waals surface area contributed by atoms with Crippen molar-refractivity contribution in [2.24, 2.45) is 0 Å². The fraction of sp³-hybridized carbons (Fsp3) is 0.462. The average molecular weight is 320 g/mol. The van der Waals surface area contributed by atoms with Gasteiger partial charge in [0.1, 0.15) is 5.75 Å². The summed E-state index contributed by atoms with van der Waals surface area (Å²) < 4.78 is 40.6. The van der Waals surface area contributed by atoms with Crippen LogP contribution in [0.1, 0.15) is 0 Å². The van der Waals surface area contributed by atoms with E-state index < -0.39 is 12.8 Å². The number of benzene rings is 1. The molecule has 116 valence electrons. The molecule has 1 fully saturated rings. The molecule has 4 nitrogen and oxygen atoms in total. The lowest BCUT2D eigenvalue weighted by Crippen LogP contribution is -2.46. The average Bonchev–Trinajstić information content (AvgIpc) is 2.46. The molecule has 1 aromatic rings. The second kappa shape index (κ2) is 7.04. The van der Waals surface area contributed by atoms with E-state index in [0.29, 0.717) is 11.4 Å². The van der Waals surface area contributed by atoms with Gasteiger partial charge in [0.25, 0.3) is 0 Å². The Morgan fingerprint density at radius 3 is 2.67 bits per heavy atom. The summed E-state index contributed by atoms with van der Waals surface area (Å²) in [7, 11) is 0. The van der Waals surface area contributed by atoms with Gasteiger partial charge in [0, 0.05) is 23.7 Å². The van der Waals surface area contributed by atoms with E-state index in [4.69, 9.17) is 0 Å². The molecule has 2 N–H and O–H groups in total. The first-order valence-electron chi connectivity index (χ1n) is 6.36. The molecule has 0 spiro atoms. The van der Waals surface area contributed by atoms with E-state index in [1.165, 1.54) is 24.3 Å². The number of carbonyl (C=O) groups excluding carboxylic acids is 1. The molecule has 1 amide bonds. The summed E-state index contributed by atoms with van der Waals surface area (Å²) in [5.41, 5.74) is 0.525. The number of anilines is 1. The number of thioether (sulfide) groups is 1. The highest BCUT2D eigenvalue weighted by Gasteiger charge is 2.28. The number of hydrogen-bond acceptors (Lipinski definition) is 4. The van der Waals surface area contributed by atoms with Gasteiger partial charge in [0.15, 0.2) is 6.61 Å². The molecule has 2 rings (SSSR count). The van der Waals surface area contributed by atoms with Gasteiger partial charge in [0.05, 0.1) is 6.04 Å². The third-order valence-electron chi connectivity index (χ3n) is 2.76. The smallest absolute Gasteiger partial charge is 0.422 e. The highest BCUT2D eigenvalue weighted by molar-refractivity contribution is 7.99. The predicted octanol–water partition coefficient (Wildman–Crippen LogP) is 2.27. The van der Waals surface area contributed by atoms with E-state index in [1.54, 1.807) is 11.8 Å². The van der Waals surface area contributed by atoms with Crippen molar-refractivity contribution in [1.82, 2.24) is 5.32 Å². The number of nitrogens with one attached hydrogen (secondary N) is 2. The largest absolute Gasteiger partial charge is 0.484 e. The lowest BCUT2D eigenvalue weighted by molar-refractivity contribution is -0.153. The van der Waals surface area contributed by atoms with Gasteiger partial charge in [-0.1, -0.05) is 0 Å². The van der Waals surface area contributed by atoms with Crippen LogP contribution in [0, 0.1) is 0 Å². The first-order chi connectivity index (χ1) is 9.94. The van der Waals surface area contributed by atoms with Crippen LogP contribution in [0.15, 0.2) is 24.3 Å². The summed E-state index contributed by atoms with van der Waals surface area (Å²) >= 11 is 1.70. The molecule has 21 heavy (non-hydrogen) atoms. The van der Waals surface area contributed by atoms with Gasteiger partial charge in [0.2, 0.25) is 5.91 Å². The molecule has 1 aliphatic heterocycles. The van der Waals surface area contributed by atoms with Crippen molar-refractivity contribution in [3.05, 3.63) is 24.3 Å². The van der Waals surface area contributed by atoms with Crippen molar-refractivity contribution in [2.45, 2.75) is 12.2 Å². The lowest BCUT2D eigenvalue weighted by atomic mass is 10.2. The van der Waals surface area contributed by atoms with Gasteiger partial charge in [-0.05, 0) is 24.3 Å². The highest BCUT2D eigenvalue weighted by atomic mass is 32.2. The third kappa shape index (κ3) is 5.47. The molecule has 1 unspecified atom stereocenters. The van der Waals surface area contributed by atoms with Crippen LogP contribution in [0.3, 0.4) is 0 Å². The zero-order valence-corrected chi connectivity index (χ0v) is 11.9. The lowest BCUT2D eigenvalue weighted by Gasteiger charge is -2.22. The van der Waals surface area contributed by atoms with E-state index in [0.717, 1.165) is 12.3 Å². The quantitative estimate of drug-likeness (QED) is 0.894. The van der Waals surface area contributed by atoms with E-state index in [9.17, 15) is 18.0 Å². The maximum atomic E-state index is 12.0. The minimum absolute atomic E-state index is 0.108. The van der Waals surface area contributed by atoms with Crippen molar-refractivity contribution in [2.75, 3.05) is 30.0 Å². The molecule has 0 radical (unpaired) electrons. The maximum Gasteiger partial charge on any atom is 0.422 e. The number of amides is 1. The Morgan fingerprint density at radius 2 is 2.10 bits per heavy atom. The van der Waals surface area contributed by atoms with Crippen LogP contribution in [0.2, 0.25) is 0 Å². The molecule has 1 aromatic carbocycles. The Kier molecular flexibility index (Phi) is 5.35. The van der Waals surface area contributed by atoms with Crippen molar-refractivity contribution < 1.29 is 22.7 Å². The van der Waals surface area contributed by atoms with Gasteiger partial charge < -0.3 is 15.4 Å². The maximum absolute atomic E-state index is 12.0. The Balaban J connectivity index is 1.85. The minimum atomic E-state index is -4.36. The van der Waals surface area contributed by atoms with Gasteiger partial charge in [-0.25, -0.2) is 0 Å². The number of rotatable bonds is 4. The molecule has 1 heterocycles. The van der Waals surface area contributed by atoms with Crippen LogP contribution in [-0.2, 0) is 4.79 Å². The summed E-state index contributed by atoms with van der Waals surface area (Å²) in [4.78, 5) is 11.9. The van der Waals surface area contributed by atoms with Crippen LogP contribution < -0.4 is 15.4 Å². The first-order valence-corrected chi connectivity index (χ1v) is 7.51. The van der Waals surface area contributed by atoms with Crippen molar-refractivity contribution in [3.63, 3.8) is 0 Å². The van der Waals surface area contributed by atoms with Gasteiger partial charge in [-0.3, -0.25) is 4.79 Å². The summed E-state index contributed by atoms with van der Waals surface area (Å²) in [5, 5.41) is 5.82. The molecule has 1 aliphatic rings. The van der Waals surface area contributed by atoms with Crippen LogP contribution in [0.25, 0.3) is 0 Å². The fourth-order valence-electron chi connectivity index (χ4n) is 1.76. The number of alkyl halides is 3. The van der Waals surface area contributed by atoms with Crippen LogP contribution in [0.5, 0.6) is 5.75 Å². The van der Waals surface area contributed by atoms with E-state index >= 15 is 0 Å². The van der Waals surface area contributed by atoms with E-state index in [-0.39, 0.29) is 17.7 Å². The molecule has 1 atom stereocenters. The Morgan fingerprint density at radius 1 is 1.38 bits per heavy atom. The first kappa shape index (κ1) is 16.0. The summed E-state index contributed by atoms with van der Waals surface area (Å²) in [6.45, 7) is -0.547. The zero-order valence-electron chi connectivity index (χ0n) is 11.1. The molecule has 8 heteroatoms. The SMILES string of the molecule is O=C(Nc1ccc(OCC(F)(F)F)cc1)C1CSCCN1. The van der Waals surface area contributed by atoms with Crippen LogP contribution >= 0.6 is 11.8 Å². The minimum Gasteiger partial charge on any atom is -0.484 e. The second-order valence-corrected chi connectivity index (χ2v) is 5.65. The molecular formula is C13H15F3N2O2S. The molecular weight excluding hydrogens is 305 g/mol. The van der Waals surface area contributed by atoms with Crippen molar-refractivity contribution in [1.29, 1.82) is 0 Å². The predicted molar refractivity (Wildman–Crippen MR) is 75.7 cm³/mol. The van der Waals surface area contributed by atoms with E-state index in [1.807, 2.05) is 0 Å². The van der Waals surface area contributed by atoms with Crippen molar-refractivity contribution >= 4 is 23.4 Å². The summed E-state index contributed by atoms with van der Waals surface area (Å²) in [6, 6.07) is 5.57. The monoisotopic (exact) mass is 320 g/mol. The second-order valence-electron chi connectivity index (χ2n) is 4.50. The van der Waals surface area contributed by atoms with Crippen LogP contribution in [-0.4, -0.2) is 42.8 Å². The van der Waals surface area contributed by atoms with Gasteiger partial charge in [-0.2, -0.15) is 24.9 Å². The summed E-state index contributed by atoms with van der Waals surface area (Å²) in [5.74, 6) is 1.65. The Labute approximate surface area is 124 Å². The fourth-order valence-corrected chi connectivity index (χ4v) is 2.70. The highest BCUT2D eigenvalue weighted by Crippen LogP contribution is 2.20. The number of carbonyl (C=O) groups is 1. The number of halogens is 3. The molecule has 0 aliphatic carbocycles. The molecule has 0 saturated carbocycles. The zero-order chi connectivity index (χ0) is 15.3. The Hall–Kier alpha value is -1.41. The molecule has 0 aromatic heterocycles. The van der Waals surface area contributed by atoms with Crippen LogP contribution in [0.4, 0.5) is 18.9 Å². The number of ether oxygens (including phenoxy) is 1. The summed E-state index contributed by atoms with van der Waals surface area (Å²) in [6.07, 6.45) is -4.36. The van der Waals surface area contributed by atoms with Crippen molar-refractivity contribution in [3.8, 4) is 5.75 Å². The Bertz CT molecular complexity index is 473. The molecule has 1 saturated heterocycles. The number of hydrogen-bond donors (Lipinski definition) is 2. The normalized spacial score (nSPS) is 19.1. The van der Waals surface area contributed by atoms with Gasteiger partial charge >= 0.3 is 6.18 Å². The van der Waals surface area contributed by atoms with E-state index in [2.05, 4.69) is 15.4 Å². The standard InChI is InChI=1S/C13H15F3N2O2S/c14-13(15,16)8-20-10-3-1-9(2-4-10)18-12(19)11-7-21-6-5-17-11/h1-4,11,17H,5-8H2,(H,18,19). The van der Waals surface area contributed by atoms with Gasteiger partial charge in [-0.15, -0.1) is 0 Å². The molecule has 0 bridgehead atoms. The topological polar surface area (TPSA) is 50.4 Å².